The second-order valence-corrected chi connectivity index (χ2v) is 3.80. The third-order valence-corrected chi connectivity index (χ3v) is 2.82. The van der Waals surface area contributed by atoms with Gasteiger partial charge in [0.15, 0.2) is 0 Å². The highest BCUT2D eigenvalue weighted by Gasteiger charge is 2.39. The van der Waals surface area contributed by atoms with Crippen molar-refractivity contribution in [2.24, 2.45) is 11.7 Å². The number of benzene rings is 1. The number of rotatable bonds is 3. The summed E-state index contributed by atoms with van der Waals surface area (Å²) in [5.74, 6) is -0.0297. The Kier molecular flexibility index (Phi) is 2.40. The topological polar surface area (TPSA) is 69.2 Å². The summed E-state index contributed by atoms with van der Waals surface area (Å²) in [5.41, 5.74) is 5.82. The number of nitrogens with two attached hydrogens (primary N) is 1. The van der Waals surface area contributed by atoms with Crippen molar-refractivity contribution in [3.05, 3.63) is 39.7 Å². The molecule has 2 unspecified atom stereocenters. The number of hydrogen-bond acceptors (Lipinski definition) is 3. The number of nitro benzene ring substituents is 1. The van der Waals surface area contributed by atoms with Gasteiger partial charge in [0.1, 0.15) is 5.82 Å². The molecule has 0 amide bonds. The van der Waals surface area contributed by atoms with Crippen LogP contribution in [0.3, 0.4) is 0 Å². The van der Waals surface area contributed by atoms with Crippen LogP contribution in [0.25, 0.3) is 0 Å². The average Bonchev–Trinajstić information content (AvgIpc) is 2.97. The van der Waals surface area contributed by atoms with Gasteiger partial charge in [-0.15, -0.1) is 0 Å². The molecule has 0 bridgehead atoms. The van der Waals surface area contributed by atoms with Crippen LogP contribution in [-0.4, -0.2) is 11.5 Å². The fraction of sp³-hybridized carbons (Fsp3) is 0.400. The minimum Gasteiger partial charge on any atom is -0.330 e. The van der Waals surface area contributed by atoms with Crippen LogP contribution in [0.15, 0.2) is 18.2 Å². The summed E-state index contributed by atoms with van der Waals surface area (Å²) in [7, 11) is 0. The lowest BCUT2D eigenvalue weighted by molar-refractivity contribution is -0.385. The summed E-state index contributed by atoms with van der Waals surface area (Å²) in [6, 6.07) is 3.65. The van der Waals surface area contributed by atoms with Gasteiger partial charge in [0.05, 0.1) is 4.92 Å². The fourth-order valence-electron chi connectivity index (χ4n) is 1.82. The van der Waals surface area contributed by atoms with E-state index in [9.17, 15) is 14.5 Å². The Morgan fingerprint density at radius 3 is 2.87 bits per heavy atom. The summed E-state index contributed by atoms with van der Waals surface area (Å²) < 4.78 is 13.4. The summed E-state index contributed by atoms with van der Waals surface area (Å²) in [6.07, 6.45) is 0.828. The molecule has 0 saturated heterocycles. The lowest BCUT2D eigenvalue weighted by atomic mass is 10.1. The zero-order chi connectivity index (χ0) is 11.0. The van der Waals surface area contributed by atoms with Gasteiger partial charge in [-0.05, 0) is 36.4 Å². The first-order valence-corrected chi connectivity index (χ1v) is 4.77. The quantitative estimate of drug-likeness (QED) is 0.610. The predicted molar refractivity (Wildman–Crippen MR) is 53.0 cm³/mol. The molecule has 2 atom stereocenters. The van der Waals surface area contributed by atoms with Gasteiger partial charge in [0.2, 0.25) is 0 Å². The standard InChI is InChI=1S/C10H11FN2O2/c11-10-2-1-7(13(14)15)4-9(10)8-3-6(8)5-12/h1-2,4,6,8H,3,5,12H2. The molecule has 0 aromatic heterocycles. The van der Waals surface area contributed by atoms with Gasteiger partial charge in [-0.2, -0.15) is 0 Å². The smallest absolute Gasteiger partial charge is 0.269 e. The maximum atomic E-state index is 13.4. The highest BCUT2D eigenvalue weighted by atomic mass is 19.1. The van der Waals surface area contributed by atoms with E-state index in [0.29, 0.717) is 12.1 Å². The maximum absolute atomic E-state index is 13.4. The van der Waals surface area contributed by atoms with Crippen molar-refractivity contribution in [3.63, 3.8) is 0 Å². The van der Waals surface area contributed by atoms with E-state index >= 15 is 0 Å². The normalized spacial score (nSPS) is 23.9. The van der Waals surface area contributed by atoms with Gasteiger partial charge in [0.25, 0.3) is 5.69 Å². The molecule has 0 radical (unpaired) electrons. The number of non-ortho nitro benzene ring substituents is 1. The van der Waals surface area contributed by atoms with E-state index in [4.69, 9.17) is 5.73 Å². The molecule has 1 aliphatic carbocycles. The molecule has 80 valence electrons. The first kappa shape index (κ1) is 10.0. The highest BCUT2D eigenvalue weighted by Crippen LogP contribution is 2.48. The molecule has 1 fully saturated rings. The van der Waals surface area contributed by atoms with Gasteiger partial charge in [0, 0.05) is 12.1 Å². The molecule has 5 heteroatoms. The van der Waals surface area contributed by atoms with E-state index in [0.717, 1.165) is 12.5 Å². The fourth-order valence-corrected chi connectivity index (χ4v) is 1.82. The Balaban J connectivity index is 2.30. The molecule has 15 heavy (non-hydrogen) atoms. The first-order chi connectivity index (χ1) is 7.13. The molecular weight excluding hydrogens is 199 g/mol. The van der Waals surface area contributed by atoms with Crippen LogP contribution >= 0.6 is 0 Å². The summed E-state index contributed by atoms with van der Waals surface area (Å²) >= 11 is 0. The summed E-state index contributed by atoms with van der Waals surface area (Å²) in [6.45, 7) is 0.507. The lowest BCUT2D eigenvalue weighted by Crippen LogP contribution is -2.03. The van der Waals surface area contributed by atoms with Crippen molar-refractivity contribution < 1.29 is 9.31 Å². The Hall–Kier alpha value is -1.49. The second kappa shape index (κ2) is 3.58. The largest absolute Gasteiger partial charge is 0.330 e. The van der Waals surface area contributed by atoms with Crippen LogP contribution in [-0.2, 0) is 0 Å². The van der Waals surface area contributed by atoms with Gasteiger partial charge in [-0.25, -0.2) is 4.39 Å². The zero-order valence-corrected chi connectivity index (χ0v) is 8.02. The highest BCUT2D eigenvalue weighted by molar-refractivity contribution is 5.39. The van der Waals surface area contributed by atoms with Gasteiger partial charge >= 0.3 is 0 Å². The molecule has 1 aromatic rings. The van der Waals surface area contributed by atoms with Crippen LogP contribution in [0.5, 0.6) is 0 Å². The van der Waals surface area contributed by atoms with Crippen molar-refractivity contribution in [1.29, 1.82) is 0 Å². The molecule has 1 aromatic carbocycles. The van der Waals surface area contributed by atoms with E-state index < -0.39 is 4.92 Å². The second-order valence-electron chi connectivity index (χ2n) is 3.80. The van der Waals surface area contributed by atoms with E-state index in [-0.39, 0.29) is 23.3 Å². The number of nitro groups is 1. The van der Waals surface area contributed by atoms with Crippen LogP contribution < -0.4 is 5.73 Å². The van der Waals surface area contributed by atoms with Crippen LogP contribution in [0.2, 0.25) is 0 Å². The SMILES string of the molecule is NCC1CC1c1cc([N+](=O)[O-])ccc1F. The van der Waals surface area contributed by atoms with Crippen molar-refractivity contribution in [1.82, 2.24) is 0 Å². The number of nitrogens with zero attached hydrogens (tertiary/aromatic N) is 1. The predicted octanol–water partition coefficient (Wildman–Crippen LogP) is 1.80. The Bertz CT molecular complexity index is 408. The molecule has 4 nitrogen and oxygen atoms in total. The maximum Gasteiger partial charge on any atom is 0.269 e. The van der Waals surface area contributed by atoms with Crippen LogP contribution in [0, 0.1) is 21.8 Å². The molecule has 1 aliphatic rings. The van der Waals surface area contributed by atoms with E-state index in [1.54, 1.807) is 0 Å². The minimum absolute atomic E-state index is 0.0610. The van der Waals surface area contributed by atoms with E-state index in [1.807, 2.05) is 0 Å². The molecule has 0 spiro atoms. The monoisotopic (exact) mass is 210 g/mol. The molecule has 2 N–H and O–H groups in total. The van der Waals surface area contributed by atoms with Gasteiger partial charge < -0.3 is 5.73 Å². The average molecular weight is 210 g/mol. The van der Waals surface area contributed by atoms with E-state index in [1.165, 1.54) is 12.1 Å². The summed E-state index contributed by atoms with van der Waals surface area (Å²) in [5, 5.41) is 10.5. The van der Waals surface area contributed by atoms with Crippen molar-refractivity contribution >= 4 is 5.69 Å². The van der Waals surface area contributed by atoms with Crippen LogP contribution in [0.4, 0.5) is 10.1 Å². The number of halogens is 1. The molecule has 1 saturated carbocycles. The van der Waals surface area contributed by atoms with Crippen LogP contribution in [0.1, 0.15) is 17.9 Å². The lowest BCUT2D eigenvalue weighted by Gasteiger charge is -2.01. The van der Waals surface area contributed by atoms with Crippen molar-refractivity contribution in [3.8, 4) is 0 Å². The van der Waals surface area contributed by atoms with Crippen molar-refractivity contribution in [2.45, 2.75) is 12.3 Å². The Labute approximate surface area is 86.0 Å². The Morgan fingerprint density at radius 2 is 2.33 bits per heavy atom. The zero-order valence-electron chi connectivity index (χ0n) is 8.02. The molecular formula is C10H11FN2O2. The van der Waals surface area contributed by atoms with Gasteiger partial charge in [-0.1, -0.05) is 0 Å². The molecule has 2 rings (SSSR count). The summed E-state index contributed by atoms with van der Waals surface area (Å²) in [4.78, 5) is 10.0. The van der Waals surface area contributed by atoms with E-state index in [2.05, 4.69) is 0 Å². The Morgan fingerprint density at radius 1 is 1.60 bits per heavy atom. The first-order valence-electron chi connectivity index (χ1n) is 4.77. The van der Waals surface area contributed by atoms with Gasteiger partial charge in [-0.3, -0.25) is 10.1 Å². The number of hydrogen-bond donors (Lipinski definition) is 1. The molecule has 0 heterocycles. The van der Waals surface area contributed by atoms with Crippen molar-refractivity contribution in [2.75, 3.05) is 6.54 Å². The third kappa shape index (κ3) is 1.83. The minimum atomic E-state index is -0.511. The molecule has 0 aliphatic heterocycles. The third-order valence-electron chi connectivity index (χ3n) is 2.82.